The highest BCUT2D eigenvalue weighted by Gasteiger charge is 2.29. The summed E-state index contributed by atoms with van der Waals surface area (Å²) in [5.74, 6) is -0.211. The van der Waals surface area contributed by atoms with Crippen molar-refractivity contribution in [2.24, 2.45) is 5.92 Å². The number of fused-ring (bicyclic) bond motifs is 3. The Labute approximate surface area is 180 Å². The molecule has 160 valence electrons. The highest BCUT2D eigenvalue weighted by Crippen LogP contribution is 2.44. The number of alkyl carbamates (subject to hydrolysis) is 1. The minimum atomic E-state index is -1.21. The quantitative estimate of drug-likeness (QED) is 0.570. The summed E-state index contributed by atoms with van der Waals surface area (Å²) in [4.78, 5) is 35.4. The van der Waals surface area contributed by atoms with E-state index < -0.39 is 29.9 Å². The van der Waals surface area contributed by atoms with E-state index in [9.17, 15) is 14.4 Å². The molecule has 0 saturated heterocycles. The van der Waals surface area contributed by atoms with E-state index in [2.05, 4.69) is 28.7 Å². The van der Waals surface area contributed by atoms with Gasteiger partial charge in [0, 0.05) is 18.9 Å². The van der Waals surface area contributed by atoms with Crippen molar-refractivity contribution in [1.82, 2.24) is 10.6 Å². The van der Waals surface area contributed by atoms with Gasteiger partial charge in [-0.05, 0) is 22.3 Å². The maximum absolute atomic E-state index is 12.2. The summed E-state index contributed by atoms with van der Waals surface area (Å²) in [5.41, 5.74) is 4.49. The average molecular weight is 420 g/mol. The summed E-state index contributed by atoms with van der Waals surface area (Å²) in [6.45, 7) is 1.75. The molecule has 0 radical (unpaired) electrons. The number of terminal acetylenes is 1. The van der Waals surface area contributed by atoms with Crippen molar-refractivity contribution in [3.63, 3.8) is 0 Å². The van der Waals surface area contributed by atoms with Gasteiger partial charge in [-0.2, -0.15) is 0 Å². The normalized spacial score (nSPS) is 13.8. The third kappa shape index (κ3) is 5.04. The third-order valence-electron chi connectivity index (χ3n) is 5.28. The molecule has 0 saturated carbocycles. The van der Waals surface area contributed by atoms with E-state index >= 15 is 0 Å². The number of aliphatic carboxylic acids is 1. The first kappa shape index (κ1) is 21.9. The summed E-state index contributed by atoms with van der Waals surface area (Å²) < 4.78 is 5.43. The van der Waals surface area contributed by atoms with E-state index in [1.807, 2.05) is 36.4 Å². The van der Waals surface area contributed by atoms with Crippen LogP contribution < -0.4 is 10.6 Å². The van der Waals surface area contributed by atoms with Gasteiger partial charge in [-0.1, -0.05) is 55.5 Å². The molecular formula is C24H24N2O5. The van der Waals surface area contributed by atoms with Crippen molar-refractivity contribution in [2.75, 3.05) is 13.2 Å². The van der Waals surface area contributed by atoms with Crippen LogP contribution in [-0.4, -0.2) is 42.3 Å². The van der Waals surface area contributed by atoms with Gasteiger partial charge in [0.15, 0.2) is 0 Å². The lowest BCUT2D eigenvalue weighted by molar-refractivity contribution is -0.142. The van der Waals surface area contributed by atoms with Crippen LogP contribution in [0.5, 0.6) is 0 Å². The molecule has 2 aromatic carbocycles. The molecule has 0 fully saturated rings. The largest absolute Gasteiger partial charge is 0.480 e. The van der Waals surface area contributed by atoms with Crippen molar-refractivity contribution in [3.8, 4) is 23.5 Å². The van der Waals surface area contributed by atoms with Crippen LogP contribution in [0.1, 0.15) is 30.4 Å². The van der Waals surface area contributed by atoms with Gasteiger partial charge < -0.3 is 20.5 Å². The lowest BCUT2D eigenvalue weighted by Gasteiger charge is -2.17. The topological polar surface area (TPSA) is 105 Å². The number of carboxylic acids is 1. The predicted molar refractivity (Wildman–Crippen MR) is 115 cm³/mol. The molecular weight excluding hydrogens is 396 g/mol. The molecule has 7 heteroatoms. The van der Waals surface area contributed by atoms with Gasteiger partial charge in [-0.15, -0.1) is 12.3 Å². The Morgan fingerprint density at radius 2 is 1.68 bits per heavy atom. The number of carboxylic acid groups (broad SMARTS) is 1. The fourth-order valence-corrected chi connectivity index (χ4v) is 3.61. The lowest BCUT2D eigenvalue weighted by Crippen LogP contribution is -2.45. The summed E-state index contributed by atoms with van der Waals surface area (Å²) in [6.07, 6.45) is 4.37. The molecule has 0 spiro atoms. The maximum atomic E-state index is 12.2. The number of rotatable bonds is 8. The number of benzene rings is 2. The zero-order valence-corrected chi connectivity index (χ0v) is 17.1. The maximum Gasteiger partial charge on any atom is 0.407 e. The summed E-state index contributed by atoms with van der Waals surface area (Å²) in [5, 5.41) is 14.0. The molecule has 2 aromatic rings. The highest BCUT2D eigenvalue weighted by atomic mass is 16.5. The summed E-state index contributed by atoms with van der Waals surface area (Å²) >= 11 is 0. The fraction of sp³-hybridized carbons (Fsp3) is 0.292. The number of hydrogen-bond donors (Lipinski definition) is 3. The van der Waals surface area contributed by atoms with Gasteiger partial charge in [0.05, 0.1) is 5.92 Å². The van der Waals surface area contributed by atoms with Gasteiger partial charge in [0.2, 0.25) is 5.91 Å². The van der Waals surface area contributed by atoms with Gasteiger partial charge >= 0.3 is 12.1 Å². The predicted octanol–water partition coefficient (Wildman–Crippen LogP) is 2.75. The van der Waals surface area contributed by atoms with Gasteiger partial charge in [-0.25, -0.2) is 9.59 Å². The molecule has 3 N–H and O–H groups in total. The van der Waals surface area contributed by atoms with E-state index in [0.717, 1.165) is 22.3 Å². The zero-order valence-electron chi connectivity index (χ0n) is 17.1. The Bertz CT molecular complexity index is 981. The number of ether oxygens (including phenoxy) is 1. The number of nitrogens with one attached hydrogen (secondary N) is 2. The minimum absolute atomic E-state index is 0.00486. The molecule has 0 bridgehead atoms. The van der Waals surface area contributed by atoms with E-state index in [0.29, 0.717) is 0 Å². The van der Waals surface area contributed by atoms with Crippen LogP contribution in [0.3, 0.4) is 0 Å². The Kier molecular flexibility index (Phi) is 6.93. The Morgan fingerprint density at radius 3 is 2.23 bits per heavy atom. The Hall–Kier alpha value is -3.79. The van der Waals surface area contributed by atoms with Crippen LogP contribution in [0.2, 0.25) is 0 Å². The summed E-state index contributed by atoms with van der Waals surface area (Å²) in [6, 6.07) is 14.9. The fourth-order valence-electron chi connectivity index (χ4n) is 3.61. The molecule has 7 nitrogen and oxygen atoms in total. The zero-order chi connectivity index (χ0) is 22.4. The molecule has 1 aliphatic carbocycles. The number of carbonyl (C=O) groups is 3. The molecule has 31 heavy (non-hydrogen) atoms. The lowest BCUT2D eigenvalue weighted by atomic mass is 9.98. The Morgan fingerprint density at radius 1 is 1.10 bits per heavy atom. The first-order valence-corrected chi connectivity index (χ1v) is 9.97. The molecule has 2 atom stereocenters. The van der Waals surface area contributed by atoms with Crippen LogP contribution >= 0.6 is 0 Å². The van der Waals surface area contributed by atoms with Crippen LogP contribution in [-0.2, 0) is 14.3 Å². The second kappa shape index (κ2) is 9.81. The van der Waals surface area contributed by atoms with Crippen LogP contribution in [0.15, 0.2) is 48.5 Å². The summed E-state index contributed by atoms with van der Waals surface area (Å²) in [7, 11) is 0. The number of hydrogen-bond acceptors (Lipinski definition) is 4. The van der Waals surface area contributed by atoms with Crippen molar-refractivity contribution in [2.45, 2.75) is 25.3 Å². The minimum Gasteiger partial charge on any atom is -0.480 e. The van der Waals surface area contributed by atoms with Gasteiger partial charge in [0.1, 0.15) is 12.6 Å². The second-order valence-corrected chi connectivity index (χ2v) is 7.42. The smallest absolute Gasteiger partial charge is 0.407 e. The average Bonchev–Trinajstić information content (AvgIpc) is 3.09. The van der Waals surface area contributed by atoms with Crippen molar-refractivity contribution < 1.29 is 24.2 Å². The first-order chi connectivity index (χ1) is 14.9. The van der Waals surface area contributed by atoms with E-state index in [4.69, 9.17) is 16.3 Å². The SMILES string of the molecule is C#CCC(NC(=O)C(C)CNC(=O)OCC1c2ccccc2-c2ccccc21)C(=O)O. The van der Waals surface area contributed by atoms with Crippen LogP contribution in [0.25, 0.3) is 11.1 Å². The van der Waals surface area contributed by atoms with Crippen LogP contribution in [0, 0.1) is 18.3 Å². The standard InChI is InChI=1S/C24H24N2O5/c1-3-8-21(23(28)29)26-22(27)15(2)13-25-24(30)31-14-20-18-11-6-4-9-16(18)17-10-5-7-12-19(17)20/h1,4-7,9-12,15,20-21H,8,13-14H2,2H3,(H,25,30)(H,26,27)(H,28,29). The third-order valence-corrected chi connectivity index (χ3v) is 5.28. The molecule has 2 amide bonds. The van der Waals surface area contributed by atoms with Crippen molar-refractivity contribution in [1.29, 1.82) is 0 Å². The second-order valence-electron chi connectivity index (χ2n) is 7.42. The first-order valence-electron chi connectivity index (χ1n) is 9.97. The molecule has 3 rings (SSSR count). The molecule has 0 heterocycles. The van der Waals surface area contributed by atoms with Crippen molar-refractivity contribution >= 4 is 18.0 Å². The Balaban J connectivity index is 1.52. The molecule has 2 unspecified atom stereocenters. The number of carbonyl (C=O) groups excluding carboxylic acids is 2. The van der Waals surface area contributed by atoms with E-state index in [1.54, 1.807) is 6.92 Å². The van der Waals surface area contributed by atoms with Crippen LogP contribution in [0.4, 0.5) is 4.79 Å². The monoisotopic (exact) mass is 420 g/mol. The van der Waals surface area contributed by atoms with Gasteiger partial charge in [-0.3, -0.25) is 4.79 Å². The number of amides is 2. The van der Waals surface area contributed by atoms with E-state index in [1.165, 1.54) is 0 Å². The van der Waals surface area contributed by atoms with Gasteiger partial charge in [0.25, 0.3) is 0 Å². The highest BCUT2D eigenvalue weighted by molar-refractivity contribution is 5.85. The molecule has 0 aromatic heterocycles. The molecule has 1 aliphatic rings. The molecule has 0 aliphatic heterocycles. The van der Waals surface area contributed by atoms with E-state index in [-0.39, 0.29) is 25.5 Å². The van der Waals surface area contributed by atoms with Crippen molar-refractivity contribution in [3.05, 3.63) is 59.7 Å².